The number of rotatable bonds is 4. The summed E-state index contributed by atoms with van der Waals surface area (Å²) in [5.74, 6) is 0.385. The van der Waals surface area contributed by atoms with Crippen LogP contribution in [0.2, 0.25) is 0 Å². The Morgan fingerprint density at radius 3 is 2.67 bits per heavy atom. The molecule has 21 heavy (non-hydrogen) atoms. The molecule has 0 aromatic heterocycles. The molecule has 2 atom stereocenters. The highest BCUT2D eigenvalue weighted by Gasteiger charge is 2.46. The lowest BCUT2D eigenvalue weighted by Crippen LogP contribution is -2.35. The molecule has 1 saturated heterocycles. The third-order valence-electron chi connectivity index (χ3n) is 4.72. The van der Waals surface area contributed by atoms with E-state index in [0.717, 1.165) is 18.4 Å². The van der Waals surface area contributed by atoms with Crippen molar-refractivity contribution in [2.24, 2.45) is 5.92 Å². The van der Waals surface area contributed by atoms with Crippen LogP contribution < -0.4 is 5.32 Å². The van der Waals surface area contributed by atoms with Gasteiger partial charge in [0.2, 0.25) is 0 Å². The maximum absolute atomic E-state index is 12.1. The SMILES string of the molecule is O=C(NCc1ccccc1)N1C[C@@H]1[C@H](O)C1CCCCC1. The fraction of sp³-hybridized carbons (Fsp3) is 0.588. The molecule has 1 aromatic carbocycles. The predicted octanol–water partition coefficient (Wildman–Crippen LogP) is 2.52. The van der Waals surface area contributed by atoms with Gasteiger partial charge in [-0.05, 0) is 24.3 Å². The van der Waals surface area contributed by atoms with Gasteiger partial charge in [0.15, 0.2) is 0 Å². The molecule has 2 fully saturated rings. The fourth-order valence-electron chi connectivity index (χ4n) is 3.35. The van der Waals surface area contributed by atoms with Gasteiger partial charge in [0.25, 0.3) is 0 Å². The quantitative estimate of drug-likeness (QED) is 0.837. The van der Waals surface area contributed by atoms with E-state index in [9.17, 15) is 9.90 Å². The van der Waals surface area contributed by atoms with Crippen molar-refractivity contribution in [3.63, 3.8) is 0 Å². The van der Waals surface area contributed by atoms with Crippen molar-refractivity contribution in [2.45, 2.75) is 50.8 Å². The number of hydrogen-bond acceptors (Lipinski definition) is 2. The summed E-state index contributed by atoms with van der Waals surface area (Å²) in [5, 5.41) is 13.3. The van der Waals surface area contributed by atoms with E-state index >= 15 is 0 Å². The first kappa shape index (κ1) is 14.4. The number of hydrogen-bond donors (Lipinski definition) is 2. The van der Waals surface area contributed by atoms with Crippen molar-refractivity contribution in [3.8, 4) is 0 Å². The van der Waals surface area contributed by atoms with Crippen molar-refractivity contribution < 1.29 is 9.90 Å². The van der Waals surface area contributed by atoms with E-state index in [1.807, 2.05) is 30.3 Å². The van der Waals surface area contributed by atoms with Gasteiger partial charge in [-0.2, -0.15) is 0 Å². The summed E-state index contributed by atoms with van der Waals surface area (Å²) in [6, 6.07) is 9.87. The van der Waals surface area contributed by atoms with Crippen LogP contribution in [0, 0.1) is 5.92 Å². The second-order valence-electron chi connectivity index (χ2n) is 6.25. The molecule has 0 bridgehead atoms. The molecule has 1 aliphatic carbocycles. The average molecular weight is 288 g/mol. The Bertz CT molecular complexity index is 471. The largest absolute Gasteiger partial charge is 0.391 e. The molecule has 4 nitrogen and oxygen atoms in total. The van der Waals surface area contributed by atoms with Crippen LogP contribution in [0.5, 0.6) is 0 Å². The lowest BCUT2D eigenvalue weighted by atomic mass is 9.84. The summed E-state index contributed by atoms with van der Waals surface area (Å²) in [7, 11) is 0. The number of benzene rings is 1. The van der Waals surface area contributed by atoms with E-state index < -0.39 is 0 Å². The molecule has 1 heterocycles. The van der Waals surface area contributed by atoms with E-state index in [-0.39, 0.29) is 18.2 Å². The van der Waals surface area contributed by atoms with Crippen molar-refractivity contribution >= 4 is 6.03 Å². The highest BCUT2D eigenvalue weighted by molar-refractivity contribution is 5.77. The highest BCUT2D eigenvalue weighted by Crippen LogP contribution is 2.33. The second kappa shape index (κ2) is 6.48. The fourth-order valence-corrected chi connectivity index (χ4v) is 3.35. The third kappa shape index (κ3) is 3.56. The van der Waals surface area contributed by atoms with Crippen LogP contribution in [-0.2, 0) is 6.54 Å². The molecule has 2 N–H and O–H groups in total. The lowest BCUT2D eigenvalue weighted by molar-refractivity contribution is 0.0744. The average Bonchev–Trinajstić information content (AvgIpc) is 3.34. The normalized spacial score (nSPS) is 23.7. The molecule has 2 aliphatic rings. The van der Waals surface area contributed by atoms with Crippen LogP contribution in [0.1, 0.15) is 37.7 Å². The van der Waals surface area contributed by atoms with Crippen molar-refractivity contribution in [1.82, 2.24) is 10.2 Å². The predicted molar refractivity (Wildman–Crippen MR) is 81.8 cm³/mol. The molecule has 4 heteroatoms. The Morgan fingerprint density at radius 2 is 1.95 bits per heavy atom. The molecule has 114 valence electrons. The zero-order valence-electron chi connectivity index (χ0n) is 12.4. The minimum atomic E-state index is -0.340. The number of aliphatic hydroxyl groups is 1. The Balaban J connectivity index is 1.45. The van der Waals surface area contributed by atoms with E-state index in [0.29, 0.717) is 19.0 Å². The second-order valence-corrected chi connectivity index (χ2v) is 6.25. The zero-order chi connectivity index (χ0) is 14.7. The third-order valence-corrected chi connectivity index (χ3v) is 4.72. The zero-order valence-corrected chi connectivity index (χ0v) is 12.4. The van der Waals surface area contributed by atoms with Gasteiger partial charge in [0, 0.05) is 13.1 Å². The summed E-state index contributed by atoms with van der Waals surface area (Å²) in [5.41, 5.74) is 1.09. The number of carbonyl (C=O) groups excluding carboxylic acids is 1. The van der Waals surface area contributed by atoms with Gasteiger partial charge < -0.3 is 15.3 Å². The molecule has 3 rings (SSSR count). The Labute approximate surface area is 126 Å². The molecule has 2 amide bonds. The van der Waals surface area contributed by atoms with Crippen molar-refractivity contribution in [1.29, 1.82) is 0 Å². The lowest BCUT2D eigenvalue weighted by Gasteiger charge is -2.26. The van der Waals surface area contributed by atoms with E-state index in [1.165, 1.54) is 19.3 Å². The van der Waals surface area contributed by atoms with E-state index in [4.69, 9.17) is 0 Å². The monoisotopic (exact) mass is 288 g/mol. The minimum absolute atomic E-state index is 0.0314. The van der Waals surface area contributed by atoms with Gasteiger partial charge >= 0.3 is 6.03 Å². The molecule has 0 spiro atoms. The summed E-state index contributed by atoms with van der Waals surface area (Å²) in [6.45, 7) is 1.24. The minimum Gasteiger partial charge on any atom is -0.391 e. The van der Waals surface area contributed by atoms with Gasteiger partial charge in [-0.1, -0.05) is 49.6 Å². The van der Waals surface area contributed by atoms with Gasteiger partial charge in [-0.25, -0.2) is 4.79 Å². The molecule has 0 radical (unpaired) electrons. The Hall–Kier alpha value is -1.55. The number of aliphatic hydroxyl groups excluding tert-OH is 1. The van der Waals surface area contributed by atoms with Crippen LogP contribution in [0.15, 0.2) is 30.3 Å². The first-order valence-electron chi connectivity index (χ1n) is 8.02. The number of nitrogens with zero attached hydrogens (tertiary/aromatic N) is 1. The van der Waals surface area contributed by atoms with E-state index in [1.54, 1.807) is 4.90 Å². The molecule has 0 unspecified atom stereocenters. The van der Waals surface area contributed by atoms with Crippen LogP contribution >= 0.6 is 0 Å². The Morgan fingerprint density at radius 1 is 1.24 bits per heavy atom. The topological polar surface area (TPSA) is 52.3 Å². The molecule has 1 saturated carbocycles. The number of carbonyl (C=O) groups is 1. The van der Waals surface area contributed by atoms with Gasteiger partial charge in [0.05, 0.1) is 12.1 Å². The molecular formula is C17H24N2O2. The van der Waals surface area contributed by atoms with Crippen LogP contribution in [0.3, 0.4) is 0 Å². The van der Waals surface area contributed by atoms with Crippen LogP contribution in [-0.4, -0.2) is 34.7 Å². The molecular weight excluding hydrogens is 264 g/mol. The number of urea groups is 1. The highest BCUT2D eigenvalue weighted by atomic mass is 16.3. The molecule has 1 aromatic rings. The number of nitrogens with one attached hydrogen (secondary N) is 1. The maximum atomic E-state index is 12.1. The smallest absolute Gasteiger partial charge is 0.318 e. The summed E-state index contributed by atoms with van der Waals surface area (Å²) in [6.07, 6.45) is 5.60. The molecule has 1 aliphatic heterocycles. The van der Waals surface area contributed by atoms with Crippen LogP contribution in [0.25, 0.3) is 0 Å². The number of amides is 2. The summed E-state index contributed by atoms with van der Waals surface area (Å²) < 4.78 is 0. The maximum Gasteiger partial charge on any atom is 0.318 e. The standard InChI is InChI=1S/C17H24N2O2/c20-16(14-9-5-2-6-10-14)15-12-19(15)17(21)18-11-13-7-3-1-4-8-13/h1,3-4,7-8,14-16,20H,2,5-6,9-12H2,(H,18,21)/t15-,16-,19?/m1/s1. The van der Waals surface area contributed by atoms with Gasteiger partial charge in [-0.15, -0.1) is 0 Å². The van der Waals surface area contributed by atoms with Crippen molar-refractivity contribution in [2.75, 3.05) is 6.54 Å². The van der Waals surface area contributed by atoms with Gasteiger partial charge in [0.1, 0.15) is 0 Å². The van der Waals surface area contributed by atoms with Crippen LogP contribution in [0.4, 0.5) is 4.79 Å². The Kier molecular flexibility index (Phi) is 4.44. The summed E-state index contributed by atoms with van der Waals surface area (Å²) in [4.78, 5) is 13.8. The van der Waals surface area contributed by atoms with Gasteiger partial charge in [-0.3, -0.25) is 0 Å². The van der Waals surface area contributed by atoms with Crippen molar-refractivity contribution in [3.05, 3.63) is 35.9 Å². The van der Waals surface area contributed by atoms with E-state index in [2.05, 4.69) is 5.32 Å². The first-order valence-corrected chi connectivity index (χ1v) is 8.02. The summed E-state index contributed by atoms with van der Waals surface area (Å²) >= 11 is 0. The first-order chi connectivity index (χ1) is 10.3.